The van der Waals surface area contributed by atoms with E-state index in [-0.39, 0.29) is 11.9 Å². The molecule has 6 rings (SSSR count). The molecular weight excluding hydrogens is 474 g/mol. The smallest absolute Gasteiger partial charge is 0.230 e. The molecule has 2 aliphatic heterocycles. The third-order valence-electron chi connectivity index (χ3n) is 8.44. The Kier molecular flexibility index (Phi) is 7.09. The summed E-state index contributed by atoms with van der Waals surface area (Å²) in [5.41, 5.74) is 4.68. The van der Waals surface area contributed by atoms with Gasteiger partial charge in [-0.3, -0.25) is 9.69 Å². The van der Waals surface area contributed by atoms with Crippen LogP contribution in [0.1, 0.15) is 47.9 Å². The van der Waals surface area contributed by atoms with Gasteiger partial charge in [-0.1, -0.05) is 48.5 Å². The van der Waals surface area contributed by atoms with Crippen LogP contribution >= 0.6 is 0 Å². The minimum atomic E-state index is -0.422. The number of benzene rings is 3. The lowest BCUT2D eigenvalue weighted by atomic mass is 9.72. The molecule has 2 N–H and O–H groups in total. The average molecular weight is 512 g/mol. The summed E-state index contributed by atoms with van der Waals surface area (Å²) in [6, 6.07) is 22.9. The number of carbonyl (C=O) groups excluding carboxylic acids is 1. The minimum absolute atomic E-state index is 0.202. The van der Waals surface area contributed by atoms with Crippen molar-refractivity contribution in [2.75, 3.05) is 33.3 Å². The van der Waals surface area contributed by atoms with Crippen molar-refractivity contribution < 1.29 is 14.3 Å². The van der Waals surface area contributed by atoms with Gasteiger partial charge in [0.25, 0.3) is 0 Å². The van der Waals surface area contributed by atoms with E-state index in [1.165, 1.54) is 16.7 Å². The van der Waals surface area contributed by atoms with Gasteiger partial charge >= 0.3 is 0 Å². The molecule has 1 amide bonds. The fourth-order valence-electron chi connectivity index (χ4n) is 6.13. The summed E-state index contributed by atoms with van der Waals surface area (Å²) in [6.45, 7) is 4.61. The second-order valence-corrected chi connectivity index (χ2v) is 10.9. The maximum atomic E-state index is 13.7. The van der Waals surface area contributed by atoms with Crippen LogP contribution in [0.4, 0.5) is 0 Å². The Labute approximate surface area is 225 Å². The highest BCUT2D eigenvalue weighted by Crippen LogP contribution is 2.42. The third-order valence-corrected chi connectivity index (χ3v) is 8.44. The van der Waals surface area contributed by atoms with E-state index in [1.807, 2.05) is 42.5 Å². The van der Waals surface area contributed by atoms with Gasteiger partial charge in [-0.05, 0) is 73.7 Å². The molecule has 3 aliphatic rings. The summed E-state index contributed by atoms with van der Waals surface area (Å²) in [6.07, 6.45) is 4.64. The summed E-state index contributed by atoms with van der Waals surface area (Å²) in [7, 11) is 1.67. The molecule has 3 aromatic carbocycles. The molecule has 2 heterocycles. The summed E-state index contributed by atoms with van der Waals surface area (Å²) in [4.78, 5) is 16.2. The number of fused-ring (bicyclic) bond motifs is 1. The Hall–Kier alpha value is -3.35. The van der Waals surface area contributed by atoms with Crippen molar-refractivity contribution in [1.82, 2.24) is 15.5 Å². The molecule has 0 spiro atoms. The number of rotatable bonds is 8. The zero-order valence-electron chi connectivity index (χ0n) is 22.2. The predicted molar refractivity (Wildman–Crippen MR) is 149 cm³/mol. The summed E-state index contributed by atoms with van der Waals surface area (Å²) < 4.78 is 11.7. The van der Waals surface area contributed by atoms with Gasteiger partial charge in [-0.2, -0.15) is 0 Å². The van der Waals surface area contributed by atoms with Gasteiger partial charge in [-0.25, -0.2) is 0 Å². The van der Waals surface area contributed by atoms with E-state index in [9.17, 15) is 4.79 Å². The van der Waals surface area contributed by atoms with Crippen molar-refractivity contribution in [2.45, 2.75) is 50.1 Å². The van der Waals surface area contributed by atoms with E-state index in [0.717, 1.165) is 87.6 Å². The first kappa shape index (κ1) is 25.0. The molecule has 2 fully saturated rings. The van der Waals surface area contributed by atoms with Crippen LogP contribution in [-0.4, -0.2) is 50.1 Å². The van der Waals surface area contributed by atoms with E-state index >= 15 is 0 Å². The number of para-hydroxylation sites is 2. The molecule has 2 saturated heterocycles. The summed E-state index contributed by atoms with van der Waals surface area (Å²) in [5, 5.41) is 6.88. The van der Waals surface area contributed by atoms with Crippen LogP contribution in [0.15, 0.2) is 66.7 Å². The lowest BCUT2D eigenvalue weighted by Gasteiger charge is -2.39. The molecule has 0 saturated carbocycles. The van der Waals surface area contributed by atoms with Gasteiger partial charge in [0.2, 0.25) is 5.91 Å². The lowest BCUT2D eigenvalue weighted by Crippen LogP contribution is -2.54. The van der Waals surface area contributed by atoms with Gasteiger partial charge in [0.05, 0.1) is 12.5 Å². The lowest BCUT2D eigenvalue weighted by molar-refractivity contribution is -0.129. The van der Waals surface area contributed by atoms with E-state index in [4.69, 9.17) is 9.47 Å². The van der Waals surface area contributed by atoms with Crippen molar-refractivity contribution in [3.63, 3.8) is 0 Å². The molecule has 0 radical (unpaired) electrons. The van der Waals surface area contributed by atoms with E-state index in [2.05, 4.69) is 39.8 Å². The number of carbonyl (C=O) groups is 1. The fourth-order valence-corrected chi connectivity index (χ4v) is 6.13. The van der Waals surface area contributed by atoms with Crippen molar-refractivity contribution in [3.05, 3.63) is 89.0 Å². The molecule has 6 nitrogen and oxygen atoms in total. The Morgan fingerprint density at radius 1 is 0.974 bits per heavy atom. The normalized spacial score (nSPS) is 18.9. The molecule has 6 heteroatoms. The first-order valence-corrected chi connectivity index (χ1v) is 13.9. The zero-order chi connectivity index (χ0) is 26.0. The van der Waals surface area contributed by atoms with E-state index in [0.29, 0.717) is 0 Å². The molecule has 0 bridgehead atoms. The van der Waals surface area contributed by atoms with Crippen LogP contribution in [0.25, 0.3) is 0 Å². The number of ether oxygens (including phenoxy) is 2. The maximum Gasteiger partial charge on any atom is 0.230 e. The van der Waals surface area contributed by atoms with Crippen LogP contribution in [0.2, 0.25) is 0 Å². The molecule has 0 aromatic heterocycles. The van der Waals surface area contributed by atoms with Gasteiger partial charge in [0.1, 0.15) is 5.75 Å². The fraction of sp³-hybridized carbons (Fsp3) is 0.406. The first-order valence-electron chi connectivity index (χ1n) is 13.9. The molecule has 198 valence electrons. The largest absolute Gasteiger partial charge is 0.493 e. The van der Waals surface area contributed by atoms with Gasteiger partial charge < -0.3 is 20.1 Å². The molecule has 38 heavy (non-hydrogen) atoms. The van der Waals surface area contributed by atoms with Crippen LogP contribution in [0, 0.1) is 0 Å². The molecule has 0 unspecified atom stereocenters. The number of methoxy groups -OCH3 is 1. The van der Waals surface area contributed by atoms with Gasteiger partial charge in [0, 0.05) is 37.7 Å². The Morgan fingerprint density at radius 3 is 2.42 bits per heavy atom. The van der Waals surface area contributed by atoms with Gasteiger partial charge in [0.15, 0.2) is 11.5 Å². The van der Waals surface area contributed by atoms with Crippen LogP contribution in [-0.2, 0) is 23.2 Å². The Balaban J connectivity index is 1.07. The number of nitrogens with one attached hydrogen (secondary N) is 2. The third kappa shape index (κ3) is 5.16. The first-order chi connectivity index (χ1) is 18.6. The second kappa shape index (κ2) is 10.8. The monoisotopic (exact) mass is 511 g/mol. The van der Waals surface area contributed by atoms with Crippen LogP contribution < -0.4 is 20.1 Å². The minimum Gasteiger partial charge on any atom is -0.493 e. The maximum absolute atomic E-state index is 13.7. The molecule has 0 atom stereocenters. The second-order valence-electron chi connectivity index (χ2n) is 10.9. The summed E-state index contributed by atoms with van der Waals surface area (Å²) >= 11 is 0. The van der Waals surface area contributed by atoms with E-state index < -0.39 is 5.41 Å². The quantitative estimate of drug-likeness (QED) is 0.356. The van der Waals surface area contributed by atoms with Crippen molar-refractivity contribution in [3.8, 4) is 17.2 Å². The number of likely N-dealkylation sites (tertiary alicyclic amines) is 1. The summed E-state index contributed by atoms with van der Waals surface area (Å²) in [5.74, 6) is 2.64. The number of amides is 1. The highest BCUT2D eigenvalue weighted by Gasteiger charge is 2.42. The SMILES string of the molecule is COc1ccccc1Oc1cc(CN2CCC(NC(=O)C3(c4ccccc4)CCNCC3)CC2)cc2c1C2. The van der Waals surface area contributed by atoms with Crippen molar-refractivity contribution in [1.29, 1.82) is 0 Å². The Bertz CT molecular complexity index is 1280. The van der Waals surface area contributed by atoms with Crippen molar-refractivity contribution >= 4 is 5.91 Å². The topological polar surface area (TPSA) is 62.8 Å². The standard InChI is InChI=1S/C32H37N3O3/c1-37-28-9-5-6-10-29(28)38-30-20-23(19-24-21-27(24)30)22-35-17-11-26(12-18-35)34-31(36)32(13-15-33-16-14-32)25-7-3-2-4-8-25/h2-10,19-20,26,33H,11-18,21-22H2,1H3,(H,34,36). The molecule has 3 aromatic rings. The molecule has 1 aliphatic carbocycles. The number of hydrogen-bond acceptors (Lipinski definition) is 5. The van der Waals surface area contributed by atoms with Crippen LogP contribution in [0.5, 0.6) is 17.2 Å². The number of piperidine rings is 2. The number of nitrogens with zero attached hydrogens (tertiary/aromatic N) is 1. The van der Waals surface area contributed by atoms with Gasteiger partial charge in [-0.15, -0.1) is 0 Å². The van der Waals surface area contributed by atoms with Crippen molar-refractivity contribution in [2.24, 2.45) is 0 Å². The zero-order valence-corrected chi connectivity index (χ0v) is 22.2. The van der Waals surface area contributed by atoms with E-state index in [1.54, 1.807) is 7.11 Å². The highest BCUT2D eigenvalue weighted by atomic mass is 16.5. The molecular formula is C32H37N3O3. The van der Waals surface area contributed by atoms with Crippen LogP contribution in [0.3, 0.4) is 0 Å². The number of hydrogen-bond donors (Lipinski definition) is 2. The highest BCUT2D eigenvalue weighted by molar-refractivity contribution is 5.88. The average Bonchev–Trinajstić information content (AvgIpc) is 3.75. The predicted octanol–water partition coefficient (Wildman–Crippen LogP) is 4.79. The Morgan fingerprint density at radius 2 is 1.68 bits per heavy atom.